The van der Waals surface area contributed by atoms with Gasteiger partial charge in [-0.3, -0.25) is 9.80 Å². The Morgan fingerprint density at radius 2 is 1.81 bits per heavy atom. The monoisotopic (exact) mass is 312 g/mol. The number of piperazine rings is 1. The molecule has 1 aliphatic heterocycles. The lowest BCUT2D eigenvalue weighted by Gasteiger charge is -2.42. The van der Waals surface area contributed by atoms with Crippen molar-refractivity contribution in [1.82, 2.24) is 9.80 Å². The Hall–Kier alpha value is -0.970. The van der Waals surface area contributed by atoms with Gasteiger partial charge in [-0.15, -0.1) is 0 Å². The molecule has 118 valence electrons. The maximum atomic E-state index is 10.2. The Balaban J connectivity index is 2.03. The highest BCUT2D eigenvalue weighted by Crippen LogP contribution is 2.34. The summed E-state index contributed by atoms with van der Waals surface area (Å²) in [6, 6.07) is 3.45. The summed E-state index contributed by atoms with van der Waals surface area (Å²) in [7, 11) is 1.54. The molecule has 1 heterocycles. The zero-order chi connectivity index (χ0) is 15.6. The number of phenols is 1. The average molecular weight is 313 g/mol. The molecule has 1 saturated heterocycles. The highest BCUT2D eigenvalue weighted by atomic mass is 35.5. The molecule has 5 heteroatoms. The van der Waals surface area contributed by atoms with Gasteiger partial charge in [0.25, 0.3) is 0 Å². The van der Waals surface area contributed by atoms with Crippen LogP contribution in [-0.4, -0.2) is 53.7 Å². The maximum absolute atomic E-state index is 10.2. The van der Waals surface area contributed by atoms with Crippen molar-refractivity contribution in [3.63, 3.8) is 0 Å². The van der Waals surface area contributed by atoms with Crippen LogP contribution in [0.2, 0.25) is 5.02 Å². The van der Waals surface area contributed by atoms with E-state index < -0.39 is 0 Å². The molecule has 21 heavy (non-hydrogen) atoms. The first-order valence-electron chi connectivity index (χ1n) is 7.34. The van der Waals surface area contributed by atoms with Crippen molar-refractivity contribution < 1.29 is 9.84 Å². The van der Waals surface area contributed by atoms with Crippen LogP contribution in [0.15, 0.2) is 12.1 Å². The summed E-state index contributed by atoms with van der Waals surface area (Å²) in [6.07, 6.45) is 0. The van der Waals surface area contributed by atoms with E-state index in [1.807, 2.05) is 6.07 Å². The van der Waals surface area contributed by atoms with Crippen molar-refractivity contribution in [3.05, 3.63) is 22.7 Å². The maximum Gasteiger partial charge on any atom is 0.162 e. The number of hydrogen-bond donors (Lipinski definition) is 1. The van der Waals surface area contributed by atoms with Crippen molar-refractivity contribution >= 4 is 11.6 Å². The third-order valence-electron chi connectivity index (χ3n) is 4.05. The van der Waals surface area contributed by atoms with Gasteiger partial charge in [-0.05, 0) is 26.8 Å². The second-order valence-corrected chi connectivity index (χ2v) is 6.99. The van der Waals surface area contributed by atoms with E-state index in [1.54, 1.807) is 6.07 Å². The first-order valence-corrected chi connectivity index (χ1v) is 7.72. The van der Waals surface area contributed by atoms with Gasteiger partial charge in [0.1, 0.15) is 0 Å². The lowest BCUT2D eigenvalue weighted by atomic mass is 10.0. The summed E-state index contributed by atoms with van der Waals surface area (Å²) >= 11 is 6.08. The molecule has 4 nitrogen and oxygen atoms in total. The van der Waals surface area contributed by atoms with Crippen LogP contribution >= 0.6 is 11.6 Å². The third-order valence-corrected chi connectivity index (χ3v) is 4.27. The molecule has 0 saturated carbocycles. The number of aromatic hydroxyl groups is 1. The van der Waals surface area contributed by atoms with Gasteiger partial charge in [-0.25, -0.2) is 0 Å². The molecule has 1 aromatic carbocycles. The van der Waals surface area contributed by atoms with Crippen LogP contribution in [0.5, 0.6) is 11.5 Å². The van der Waals surface area contributed by atoms with E-state index in [1.165, 1.54) is 7.11 Å². The Morgan fingerprint density at radius 3 is 2.33 bits per heavy atom. The summed E-state index contributed by atoms with van der Waals surface area (Å²) in [5, 5.41) is 10.8. The third kappa shape index (κ3) is 4.02. The number of methoxy groups -OCH3 is 1. The molecule has 1 aliphatic rings. The highest BCUT2D eigenvalue weighted by molar-refractivity contribution is 6.30. The SMILES string of the molecule is COc1cc(Cl)cc(CN2CCN(C(C)(C)C)CC2)c1O. The van der Waals surface area contributed by atoms with E-state index in [9.17, 15) is 5.11 Å². The zero-order valence-electron chi connectivity index (χ0n) is 13.3. The summed E-state index contributed by atoms with van der Waals surface area (Å²) in [5.74, 6) is 0.631. The summed E-state index contributed by atoms with van der Waals surface area (Å²) in [6.45, 7) is 11.5. The molecule has 0 bridgehead atoms. The Morgan fingerprint density at radius 1 is 1.19 bits per heavy atom. The van der Waals surface area contributed by atoms with Crippen molar-refractivity contribution in [2.45, 2.75) is 32.9 Å². The van der Waals surface area contributed by atoms with E-state index in [0.717, 1.165) is 31.7 Å². The molecule has 0 aliphatic carbocycles. The van der Waals surface area contributed by atoms with Gasteiger partial charge in [0.05, 0.1) is 7.11 Å². The smallest absolute Gasteiger partial charge is 0.162 e. The fraction of sp³-hybridized carbons (Fsp3) is 0.625. The fourth-order valence-corrected chi connectivity index (χ4v) is 2.95. The molecule has 1 fully saturated rings. The van der Waals surface area contributed by atoms with Crippen LogP contribution in [0, 0.1) is 0 Å². The van der Waals surface area contributed by atoms with Crippen LogP contribution < -0.4 is 4.74 Å². The molecule has 0 aromatic heterocycles. The fourth-order valence-electron chi connectivity index (χ4n) is 2.72. The quantitative estimate of drug-likeness (QED) is 0.931. The van der Waals surface area contributed by atoms with Gasteiger partial charge in [0, 0.05) is 54.9 Å². The summed E-state index contributed by atoms with van der Waals surface area (Å²) in [5.41, 5.74) is 1.04. The lowest BCUT2D eigenvalue weighted by molar-refractivity contribution is 0.0587. The standard InChI is InChI=1S/C16H25ClN2O2/c1-16(2,3)19-7-5-18(6-8-19)11-12-9-13(17)10-14(21-4)15(12)20/h9-10,20H,5-8,11H2,1-4H3. The largest absolute Gasteiger partial charge is 0.504 e. The molecular formula is C16H25ClN2O2. The predicted octanol–water partition coefficient (Wildman–Crippen LogP) is 2.97. The predicted molar refractivity (Wildman–Crippen MR) is 86.3 cm³/mol. The Labute approximate surface area is 132 Å². The van der Waals surface area contributed by atoms with Crippen LogP contribution in [-0.2, 0) is 6.54 Å². The molecular weight excluding hydrogens is 288 g/mol. The minimum Gasteiger partial charge on any atom is -0.504 e. The topological polar surface area (TPSA) is 35.9 Å². The van der Waals surface area contributed by atoms with E-state index in [2.05, 4.69) is 30.6 Å². The zero-order valence-corrected chi connectivity index (χ0v) is 14.1. The Kier molecular flexibility index (Phi) is 5.02. The van der Waals surface area contributed by atoms with Gasteiger partial charge in [-0.2, -0.15) is 0 Å². The number of halogens is 1. The number of phenolic OH excluding ortho intramolecular Hbond substituents is 1. The van der Waals surface area contributed by atoms with Crippen LogP contribution in [0.3, 0.4) is 0 Å². The van der Waals surface area contributed by atoms with Gasteiger partial charge >= 0.3 is 0 Å². The van der Waals surface area contributed by atoms with E-state index >= 15 is 0 Å². The molecule has 0 atom stereocenters. The number of benzene rings is 1. The van der Waals surface area contributed by atoms with Gasteiger partial charge < -0.3 is 9.84 Å². The first-order chi connectivity index (χ1) is 9.81. The minimum absolute atomic E-state index is 0.195. The van der Waals surface area contributed by atoms with E-state index in [4.69, 9.17) is 16.3 Å². The number of rotatable bonds is 3. The van der Waals surface area contributed by atoms with Crippen LogP contribution in [0.1, 0.15) is 26.3 Å². The highest BCUT2D eigenvalue weighted by Gasteiger charge is 2.26. The molecule has 0 radical (unpaired) electrons. The molecule has 1 N–H and O–H groups in total. The number of ether oxygens (including phenoxy) is 1. The van der Waals surface area contributed by atoms with Crippen LogP contribution in [0.4, 0.5) is 0 Å². The van der Waals surface area contributed by atoms with Crippen molar-refractivity contribution in [2.75, 3.05) is 33.3 Å². The Bertz CT molecular complexity index is 492. The number of nitrogens with zero attached hydrogens (tertiary/aromatic N) is 2. The van der Waals surface area contributed by atoms with Gasteiger partial charge in [0.15, 0.2) is 11.5 Å². The second kappa shape index (κ2) is 6.42. The van der Waals surface area contributed by atoms with Crippen molar-refractivity contribution in [3.8, 4) is 11.5 Å². The summed E-state index contributed by atoms with van der Waals surface area (Å²) in [4.78, 5) is 4.83. The number of hydrogen-bond acceptors (Lipinski definition) is 4. The first kappa shape index (κ1) is 16.4. The van der Waals surface area contributed by atoms with E-state index in [0.29, 0.717) is 17.3 Å². The van der Waals surface area contributed by atoms with Gasteiger partial charge in [-0.1, -0.05) is 11.6 Å². The minimum atomic E-state index is 0.195. The lowest BCUT2D eigenvalue weighted by Crippen LogP contribution is -2.53. The van der Waals surface area contributed by atoms with Crippen molar-refractivity contribution in [1.29, 1.82) is 0 Å². The molecule has 0 unspecified atom stereocenters. The molecule has 1 aromatic rings. The molecule has 0 spiro atoms. The van der Waals surface area contributed by atoms with E-state index in [-0.39, 0.29) is 11.3 Å². The molecule has 0 amide bonds. The summed E-state index contributed by atoms with van der Waals surface area (Å²) < 4.78 is 5.16. The second-order valence-electron chi connectivity index (χ2n) is 6.55. The normalized spacial score (nSPS) is 18.0. The van der Waals surface area contributed by atoms with Crippen LogP contribution in [0.25, 0.3) is 0 Å². The van der Waals surface area contributed by atoms with Gasteiger partial charge in [0.2, 0.25) is 0 Å². The average Bonchev–Trinajstić information content (AvgIpc) is 2.42. The molecule has 2 rings (SSSR count). The van der Waals surface area contributed by atoms with Crippen molar-refractivity contribution in [2.24, 2.45) is 0 Å².